The van der Waals surface area contributed by atoms with Crippen LogP contribution >= 0.6 is 0 Å². The van der Waals surface area contributed by atoms with E-state index in [2.05, 4.69) is 4.74 Å². The summed E-state index contributed by atoms with van der Waals surface area (Å²) in [6, 6.07) is 8.80. The Morgan fingerprint density at radius 2 is 2.12 bits per heavy atom. The monoisotopic (exact) mass is 220 g/mol. The summed E-state index contributed by atoms with van der Waals surface area (Å²) in [5, 5.41) is 17.6. The van der Waals surface area contributed by atoms with Crippen molar-refractivity contribution in [3.8, 4) is 6.07 Å². The number of carbonyl (C=O) groups is 1. The highest BCUT2D eigenvalue weighted by Crippen LogP contribution is 2.08. The van der Waals surface area contributed by atoms with E-state index >= 15 is 0 Å². The van der Waals surface area contributed by atoms with Crippen LogP contribution in [-0.2, 0) is 11.2 Å². The lowest BCUT2D eigenvalue weighted by Crippen LogP contribution is -2.27. The Balaban J connectivity index is 2.63. The summed E-state index contributed by atoms with van der Waals surface area (Å²) in [6.07, 6.45) is -1.19. The molecule has 1 amide bonds. The number of aliphatic hydroxyl groups is 1. The number of primary amides is 1. The van der Waals surface area contributed by atoms with Gasteiger partial charge in [-0.05, 0) is 17.7 Å². The Morgan fingerprint density at radius 3 is 2.56 bits per heavy atom. The first kappa shape index (κ1) is 12.0. The molecule has 0 saturated carbocycles. The summed E-state index contributed by atoms with van der Waals surface area (Å²) >= 11 is 0. The average molecular weight is 220 g/mol. The van der Waals surface area contributed by atoms with Crippen LogP contribution in [-0.4, -0.2) is 23.9 Å². The topological polar surface area (TPSA) is 96.3 Å². The van der Waals surface area contributed by atoms with Crippen LogP contribution in [0.3, 0.4) is 0 Å². The van der Waals surface area contributed by atoms with Crippen LogP contribution in [0.5, 0.6) is 0 Å². The molecule has 1 unspecified atom stereocenters. The third-order valence-corrected chi connectivity index (χ3v) is 2.03. The van der Waals surface area contributed by atoms with E-state index in [4.69, 9.17) is 16.1 Å². The number of hydrogen-bond donors (Lipinski definition) is 2. The number of amides is 1. The molecule has 0 aliphatic heterocycles. The number of ether oxygens (including phenoxy) is 1. The lowest BCUT2D eigenvalue weighted by molar-refractivity contribution is 0.0639. The first-order valence-electron chi connectivity index (χ1n) is 4.71. The quantitative estimate of drug-likeness (QED) is 0.774. The van der Waals surface area contributed by atoms with E-state index in [0.717, 1.165) is 5.56 Å². The molecule has 0 heterocycles. The Morgan fingerprint density at radius 1 is 1.50 bits per heavy atom. The van der Waals surface area contributed by atoms with Crippen molar-refractivity contribution in [3.05, 3.63) is 35.4 Å². The molecule has 5 heteroatoms. The lowest BCUT2D eigenvalue weighted by atomic mass is 10.1. The van der Waals surface area contributed by atoms with Crippen molar-refractivity contribution in [1.82, 2.24) is 0 Å². The molecule has 0 radical (unpaired) electrons. The molecule has 0 spiro atoms. The molecular weight excluding hydrogens is 208 g/mol. The molecule has 0 bridgehead atoms. The van der Waals surface area contributed by atoms with E-state index in [-0.39, 0.29) is 6.61 Å². The molecule has 3 N–H and O–H groups in total. The van der Waals surface area contributed by atoms with Crippen LogP contribution in [0.25, 0.3) is 0 Å². The van der Waals surface area contributed by atoms with Gasteiger partial charge in [0.2, 0.25) is 0 Å². The summed E-state index contributed by atoms with van der Waals surface area (Å²) in [5.41, 5.74) is 6.27. The van der Waals surface area contributed by atoms with Gasteiger partial charge in [-0.3, -0.25) is 0 Å². The predicted octanol–water partition coefficient (Wildman–Crippen LogP) is 0.557. The van der Waals surface area contributed by atoms with Gasteiger partial charge in [0, 0.05) is 6.42 Å². The SMILES string of the molecule is N#Cc1ccc(CC(CO)OC(N)=O)cc1. The van der Waals surface area contributed by atoms with E-state index in [1.807, 2.05) is 6.07 Å². The van der Waals surface area contributed by atoms with Crippen LogP contribution < -0.4 is 5.73 Å². The van der Waals surface area contributed by atoms with Crippen LogP contribution in [0.4, 0.5) is 4.79 Å². The number of carbonyl (C=O) groups excluding carboxylic acids is 1. The van der Waals surface area contributed by atoms with Crippen LogP contribution in [0.2, 0.25) is 0 Å². The normalized spacial score (nSPS) is 11.5. The lowest BCUT2D eigenvalue weighted by Gasteiger charge is -2.13. The molecule has 5 nitrogen and oxygen atoms in total. The molecule has 0 aliphatic rings. The largest absolute Gasteiger partial charge is 0.444 e. The molecule has 0 fully saturated rings. The molecule has 0 aliphatic carbocycles. The molecule has 16 heavy (non-hydrogen) atoms. The van der Waals surface area contributed by atoms with Crippen molar-refractivity contribution in [2.24, 2.45) is 5.73 Å². The van der Waals surface area contributed by atoms with E-state index < -0.39 is 12.2 Å². The molecule has 0 saturated heterocycles. The zero-order valence-electron chi connectivity index (χ0n) is 8.59. The highest BCUT2D eigenvalue weighted by molar-refractivity contribution is 5.64. The zero-order chi connectivity index (χ0) is 12.0. The Bertz CT molecular complexity index is 395. The number of aliphatic hydroxyl groups excluding tert-OH is 1. The van der Waals surface area contributed by atoms with E-state index in [1.165, 1.54) is 0 Å². The van der Waals surface area contributed by atoms with Gasteiger partial charge in [-0.2, -0.15) is 5.26 Å². The number of hydrogen-bond acceptors (Lipinski definition) is 4. The fraction of sp³-hybridized carbons (Fsp3) is 0.273. The number of nitrogens with zero attached hydrogens (tertiary/aromatic N) is 1. The second kappa shape index (κ2) is 5.73. The third-order valence-electron chi connectivity index (χ3n) is 2.03. The molecule has 1 aromatic rings. The minimum atomic E-state index is -0.910. The Labute approximate surface area is 93.1 Å². The summed E-state index contributed by atoms with van der Waals surface area (Å²) in [4.78, 5) is 10.5. The van der Waals surface area contributed by atoms with Crippen molar-refractivity contribution in [2.75, 3.05) is 6.61 Å². The molecule has 84 valence electrons. The summed E-state index contributed by atoms with van der Waals surface area (Å²) in [5.74, 6) is 0. The van der Waals surface area contributed by atoms with E-state index in [0.29, 0.717) is 12.0 Å². The van der Waals surface area contributed by atoms with Gasteiger partial charge in [0.25, 0.3) is 0 Å². The Hall–Kier alpha value is -2.06. The maximum Gasteiger partial charge on any atom is 0.404 e. The summed E-state index contributed by atoms with van der Waals surface area (Å²) in [6.45, 7) is -0.289. The van der Waals surface area contributed by atoms with Gasteiger partial charge in [0.15, 0.2) is 0 Å². The molecule has 1 atom stereocenters. The number of rotatable bonds is 4. The zero-order valence-corrected chi connectivity index (χ0v) is 8.59. The van der Waals surface area contributed by atoms with Gasteiger partial charge in [-0.15, -0.1) is 0 Å². The van der Waals surface area contributed by atoms with Crippen LogP contribution in [0, 0.1) is 11.3 Å². The third kappa shape index (κ3) is 3.59. The number of benzene rings is 1. The minimum Gasteiger partial charge on any atom is -0.444 e. The molecule has 0 aromatic heterocycles. The van der Waals surface area contributed by atoms with Crippen molar-refractivity contribution in [3.63, 3.8) is 0 Å². The van der Waals surface area contributed by atoms with E-state index in [1.54, 1.807) is 24.3 Å². The number of nitriles is 1. The fourth-order valence-electron chi connectivity index (χ4n) is 1.29. The smallest absolute Gasteiger partial charge is 0.404 e. The van der Waals surface area contributed by atoms with Gasteiger partial charge in [-0.1, -0.05) is 12.1 Å². The van der Waals surface area contributed by atoms with Gasteiger partial charge >= 0.3 is 6.09 Å². The average Bonchev–Trinajstić information content (AvgIpc) is 2.28. The highest BCUT2D eigenvalue weighted by Gasteiger charge is 2.11. The van der Waals surface area contributed by atoms with Gasteiger partial charge in [-0.25, -0.2) is 4.79 Å². The van der Waals surface area contributed by atoms with Crippen molar-refractivity contribution < 1.29 is 14.6 Å². The molecular formula is C11H12N2O3. The fourth-order valence-corrected chi connectivity index (χ4v) is 1.29. The van der Waals surface area contributed by atoms with Crippen LogP contribution in [0.15, 0.2) is 24.3 Å². The Kier molecular flexibility index (Phi) is 4.30. The maximum atomic E-state index is 10.5. The van der Waals surface area contributed by atoms with Crippen molar-refractivity contribution in [1.29, 1.82) is 5.26 Å². The molecule has 1 aromatic carbocycles. The van der Waals surface area contributed by atoms with Crippen LogP contribution in [0.1, 0.15) is 11.1 Å². The summed E-state index contributed by atoms with van der Waals surface area (Å²) in [7, 11) is 0. The predicted molar refractivity (Wildman–Crippen MR) is 56.4 cm³/mol. The minimum absolute atomic E-state index is 0.289. The standard InChI is InChI=1S/C11H12N2O3/c12-6-9-3-1-8(2-4-9)5-10(7-14)16-11(13)15/h1-4,10,14H,5,7H2,(H2,13,15). The van der Waals surface area contributed by atoms with Gasteiger partial charge in [0.05, 0.1) is 18.2 Å². The molecule has 1 rings (SSSR count). The number of nitrogens with two attached hydrogens (primary N) is 1. The maximum absolute atomic E-state index is 10.5. The van der Waals surface area contributed by atoms with Gasteiger partial charge < -0.3 is 15.6 Å². The van der Waals surface area contributed by atoms with Gasteiger partial charge in [0.1, 0.15) is 6.10 Å². The highest BCUT2D eigenvalue weighted by atomic mass is 16.6. The van der Waals surface area contributed by atoms with Crippen molar-refractivity contribution in [2.45, 2.75) is 12.5 Å². The van der Waals surface area contributed by atoms with E-state index in [9.17, 15) is 4.79 Å². The first-order chi connectivity index (χ1) is 7.65. The second-order valence-electron chi connectivity index (χ2n) is 3.25. The summed E-state index contributed by atoms with van der Waals surface area (Å²) < 4.78 is 4.68. The van der Waals surface area contributed by atoms with Crippen molar-refractivity contribution >= 4 is 6.09 Å². The second-order valence-corrected chi connectivity index (χ2v) is 3.25. The first-order valence-corrected chi connectivity index (χ1v) is 4.71.